The molecule has 76 valence electrons. The molecular weight excluding hydrogens is 188 g/mol. The van der Waals surface area contributed by atoms with Crippen LogP contribution in [0.1, 0.15) is 5.56 Å². The molecule has 2 nitrogen and oxygen atoms in total. The van der Waals surface area contributed by atoms with Crippen LogP contribution in [0.2, 0.25) is 0 Å². The summed E-state index contributed by atoms with van der Waals surface area (Å²) >= 11 is 0. The van der Waals surface area contributed by atoms with Gasteiger partial charge in [0.05, 0.1) is 13.4 Å². The molecule has 1 aromatic carbocycles. The van der Waals surface area contributed by atoms with Crippen LogP contribution in [0.25, 0.3) is 17.0 Å². The molecule has 0 aliphatic heterocycles. The normalized spacial score (nSPS) is 11.0. The monoisotopic (exact) mass is 200 g/mol. The van der Waals surface area contributed by atoms with E-state index in [0.717, 1.165) is 16.5 Å². The summed E-state index contributed by atoms with van der Waals surface area (Å²) in [6.07, 6.45) is 5.48. The summed E-state index contributed by atoms with van der Waals surface area (Å²) in [6, 6.07) is 7.94. The maximum Gasteiger partial charge on any atom is 0.133 e. The Hall–Kier alpha value is -1.96. The standard InChI is InChI=1S/C13H12O2/c1-10(14-2)3-4-11-5-6-13-12(9-11)7-8-15-13/h3-9H,1H2,2H3/b4-3-. The van der Waals surface area contributed by atoms with Gasteiger partial charge in [0, 0.05) is 5.39 Å². The van der Waals surface area contributed by atoms with E-state index in [9.17, 15) is 0 Å². The number of fused-ring (bicyclic) bond motifs is 1. The molecule has 0 bridgehead atoms. The van der Waals surface area contributed by atoms with Gasteiger partial charge < -0.3 is 9.15 Å². The number of hydrogen-bond acceptors (Lipinski definition) is 2. The maximum atomic E-state index is 5.25. The Morgan fingerprint density at radius 1 is 1.40 bits per heavy atom. The number of furan rings is 1. The van der Waals surface area contributed by atoms with Gasteiger partial charge in [-0.3, -0.25) is 0 Å². The van der Waals surface area contributed by atoms with Gasteiger partial charge in [-0.05, 0) is 29.8 Å². The number of benzene rings is 1. The minimum Gasteiger partial charge on any atom is -0.497 e. The molecular formula is C13H12O2. The Labute approximate surface area is 88.5 Å². The summed E-state index contributed by atoms with van der Waals surface area (Å²) in [6.45, 7) is 3.71. The van der Waals surface area contributed by atoms with E-state index in [0.29, 0.717) is 5.76 Å². The van der Waals surface area contributed by atoms with E-state index in [1.54, 1.807) is 13.4 Å². The van der Waals surface area contributed by atoms with Gasteiger partial charge in [0.1, 0.15) is 11.3 Å². The van der Waals surface area contributed by atoms with Gasteiger partial charge in [-0.1, -0.05) is 18.7 Å². The Morgan fingerprint density at radius 3 is 3.07 bits per heavy atom. The lowest BCUT2D eigenvalue weighted by Crippen LogP contribution is -1.77. The Balaban J connectivity index is 2.28. The predicted octanol–water partition coefficient (Wildman–Crippen LogP) is 3.61. The lowest BCUT2D eigenvalue weighted by Gasteiger charge is -1.96. The summed E-state index contributed by atoms with van der Waals surface area (Å²) in [5.41, 5.74) is 2.00. The van der Waals surface area contributed by atoms with Crippen LogP contribution in [0.5, 0.6) is 0 Å². The molecule has 0 aliphatic carbocycles. The van der Waals surface area contributed by atoms with E-state index < -0.39 is 0 Å². The van der Waals surface area contributed by atoms with Crippen molar-refractivity contribution in [2.75, 3.05) is 7.11 Å². The average molecular weight is 200 g/mol. The Morgan fingerprint density at radius 2 is 2.27 bits per heavy atom. The van der Waals surface area contributed by atoms with Gasteiger partial charge >= 0.3 is 0 Å². The Kier molecular flexibility index (Phi) is 2.59. The third-order valence-electron chi connectivity index (χ3n) is 2.20. The van der Waals surface area contributed by atoms with Gasteiger partial charge in [-0.2, -0.15) is 0 Å². The van der Waals surface area contributed by atoms with Crippen molar-refractivity contribution in [2.24, 2.45) is 0 Å². The first kappa shape index (κ1) is 9.59. The van der Waals surface area contributed by atoms with E-state index in [4.69, 9.17) is 9.15 Å². The fourth-order valence-corrected chi connectivity index (χ4v) is 1.35. The molecule has 0 saturated heterocycles. The first-order valence-corrected chi connectivity index (χ1v) is 4.68. The van der Waals surface area contributed by atoms with E-state index in [1.807, 2.05) is 30.4 Å². The van der Waals surface area contributed by atoms with Crippen molar-refractivity contribution >= 4 is 17.0 Å². The molecule has 0 unspecified atom stereocenters. The largest absolute Gasteiger partial charge is 0.497 e. The first-order chi connectivity index (χ1) is 7.29. The summed E-state index contributed by atoms with van der Waals surface area (Å²) in [5.74, 6) is 0.641. The molecule has 2 rings (SSSR count). The van der Waals surface area contributed by atoms with Gasteiger partial charge in [0.2, 0.25) is 0 Å². The fraction of sp³-hybridized carbons (Fsp3) is 0.0769. The van der Waals surface area contributed by atoms with Crippen molar-refractivity contribution in [1.29, 1.82) is 0 Å². The zero-order valence-corrected chi connectivity index (χ0v) is 8.57. The molecule has 1 heterocycles. The SMILES string of the molecule is C=C(/C=C\c1ccc2occc2c1)OC. The number of hydrogen-bond donors (Lipinski definition) is 0. The summed E-state index contributed by atoms with van der Waals surface area (Å²) in [7, 11) is 1.60. The van der Waals surface area contributed by atoms with E-state index in [2.05, 4.69) is 12.6 Å². The van der Waals surface area contributed by atoms with Crippen molar-refractivity contribution in [2.45, 2.75) is 0 Å². The third-order valence-corrected chi connectivity index (χ3v) is 2.20. The average Bonchev–Trinajstić information content (AvgIpc) is 2.72. The highest BCUT2D eigenvalue weighted by atomic mass is 16.5. The number of methoxy groups -OCH3 is 1. The zero-order chi connectivity index (χ0) is 10.7. The first-order valence-electron chi connectivity index (χ1n) is 4.68. The van der Waals surface area contributed by atoms with Crippen LogP contribution in [0.15, 0.2) is 53.4 Å². The molecule has 0 fully saturated rings. The molecule has 2 aromatic rings. The second-order valence-electron chi connectivity index (χ2n) is 3.22. The minimum absolute atomic E-state index is 0.641. The molecule has 0 radical (unpaired) electrons. The van der Waals surface area contributed by atoms with Crippen molar-refractivity contribution in [3.8, 4) is 0 Å². The lowest BCUT2D eigenvalue weighted by atomic mass is 10.1. The van der Waals surface area contributed by atoms with E-state index >= 15 is 0 Å². The number of rotatable bonds is 3. The predicted molar refractivity (Wildman–Crippen MR) is 61.4 cm³/mol. The van der Waals surface area contributed by atoms with Gasteiger partial charge in [-0.15, -0.1) is 0 Å². The topological polar surface area (TPSA) is 22.4 Å². The fourth-order valence-electron chi connectivity index (χ4n) is 1.35. The lowest BCUT2D eigenvalue weighted by molar-refractivity contribution is 0.309. The van der Waals surface area contributed by atoms with Crippen molar-refractivity contribution in [1.82, 2.24) is 0 Å². The molecule has 15 heavy (non-hydrogen) atoms. The Bertz CT molecular complexity index is 506. The molecule has 0 spiro atoms. The summed E-state index contributed by atoms with van der Waals surface area (Å²) in [5, 5.41) is 1.10. The highest BCUT2D eigenvalue weighted by Crippen LogP contribution is 2.18. The molecule has 0 aliphatic rings. The zero-order valence-electron chi connectivity index (χ0n) is 8.57. The summed E-state index contributed by atoms with van der Waals surface area (Å²) < 4.78 is 10.2. The second kappa shape index (κ2) is 4.05. The number of ether oxygens (including phenoxy) is 1. The summed E-state index contributed by atoms with van der Waals surface area (Å²) in [4.78, 5) is 0. The van der Waals surface area contributed by atoms with Crippen molar-refractivity contribution < 1.29 is 9.15 Å². The molecule has 2 heteroatoms. The van der Waals surface area contributed by atoms with Crippen LogP contribution in [-0.2, 0) is 4.74 Å². The van der Waals surface area contributed by atoms with Crippen LogP contribution in [-0.4, -0.2) is 7.11 Å². The smallest absolute Gasteiger partial charge is 0.133 e. The van der Waals surface area contributed by atoms with Crippen LogP contribution in [0, 0.1) is 0 Å². The second-order valence-corrected chi connectivity index (χ2v) is 3.22. The highest BCUT2D eigenvalue weighted by molar-refractivity contribution is 5.80. The van der Waals surface area contributed by atoms with Crippen LogP contribution in [0.4, 0.5) is 0 Å². The van der Waals surface area contributed by atoms with E-state index in [1.165, 1.54) is 0 Å². The van der Waals surface area contributed by atoms with Crippen LogP contribution >= 0.6 is 0 Å². The molecule has 1 aromatic heterocycles. The maximum absolute atomic E-state index is 5.25. The van der Waals surface area contributed by atoms with Gasteiger partial charge in [0.25, 0.3) is 0 Å². The third kappa shape index (κ3) is 2.10. The van der Waals surface area contributed by atoms with Crippen molar-refractivity contribution in [3.63, 3.8) is 0 Å². The molecule has 0 saturated carbocycles. The van der Waals surface area contributed by atoms with Gasteiger partial charge in [-0.25, -0.2) is 0 Å². The van der Waals surface area contributed by atoms with Crippen molar-refractivity contribution in [3.05, 3.63) is 54.5 Å². The molecule has 0 atom stereocenters. The van der Waals surface area contributed by atoms with Gasteiger partial charge in [0.15, 0.2) is 0 Å². The minimum atomic E-state index is 0.641. The van der Waals surface area contributed by atoms with Crippen LogP contribution < -0.4 is 0 Å². The quantitative estimate of drug-likeness (QED) is 0.558. The number of allylic oxidation sites excluding steroid dienone is 1. The highest BCUT2D eigenvalue weighted by Gasteiger charge is 1.96. The molecule has 0 N–H and O–H groups in total. The molecule has 0 amide bonds. The van der Waals surface area contributed by atoms with E-state index in [-0.39, 0.29) is 0 Å². The van der Waals surface area contributed by atoms with Crippen LogP contribution in [0.3, 0.4) is 0 Å².